The van der Waals surface area contributed by atoms with Crippen molar-refractivity contribution in [3.05, 3.63) is 75.1 Å². The van der Waals surface area contributed by atoms with Gasteiger partial charge in [-0.15, -0.1) is 6.58 Å². The number of allylic oxidation sites excluding steroid dienone is 1. The van der Waals surface area contributed by atoms with Crippen LogP contribution in [0.5, 0.6) is 11.5 Å². The number of amides is 2. The maximum Gasteiger partial charge on any atom is 0.326 e. The molecule has 0 aliphatic carbocycles. The molecule has 1 aliphatic rings. The molecular weight excluding hydrogens is 558 g/mol. The molecule has 2 amide bonds. The van der Waals surface area contributed by atoms with Gasteiger partial charge < -0.3 is 14.2 Å². The van der Waals surface area contributed by atoms with Crippen LogP contribution < -0.4 is 9.47 Å². The number of nitrogens with zero attached hydrogens (tertiary/aromatic N) is 1. The maximum atomic E-state index is 12.9. The summed E-state index contributed by atoms with van der Waals surface area (Å²) in [5.41, 5.74) is 2.51. The Kier molecular flexibility index (Phi) is 10.8. The van der Waals surface area contributed by atoms with Crippen LogP contribution in [0, 0.1) is 0 Å². The van der Waals surface area contributed by atoms with Crippen LogP contribution >= 0.6 is 27.7 Å². The third-order valence-corrected chi connectivity index (χ3v) is 6.77. The molecule has 2 aromatic rings. The second kappa shape index (κ2) is 14.0. The van der Waals surface area contributed by atoms with Crippen LogP contribution in [0.1, 0.15) is 43.4 Å². The molecule has 7 nitrogen and oxygen atoms in total. The van der Waals surface area contributed by atoms with Gasteiger partial charge in [-0.25, -0.2) is 0 Å². The lowest BCUT2D eigenvalue weighted by molar-refractivity contribution is -0.146. The van der Waals surface area contributed by atoms with E-state index in [1.807, 2.05) is 44.2 Å². The Bertz CT molecular complexity index is 1180. The molecular formula is C28H30BrNO6S. The van der Waals surface area contributed by atoms with Gasteiger partial charge in [0.25, 0.3) is 11.1 Å². The Morgan fingerprint density at radius 3 is 2.57 bits per heavy atom. The summed E-state index contributed by atoms with van der Waals surface area (Å²) in [5.74, 6) is 0.00565. The molecule has 1 saturated heterocycles. The molecule has 9 heteroatoms. The van der Waals surface area contributed by atoms with Crippen LogP contribution in [0.2, 0.25) is 0 Å². The zero-order chi connectivity index (χ0) is 26.8. The summed E-state index contributed by atoms with van der Waals surface area (Å²) in [5, 5.41) is -0.505. The molecule has 0 unspecified atom stereocenters. The first-order valence-electron chi connectivity index (χ1n) is 12.0. The summed E-state index contributed by atoms with van der Waals surface area (Å²) >= 11 is 4.23. The van der Waals surface area contributed by atoms with E-state index in [0.717, 1.165) is 45.1 Å². The van der Waals surface area contributed by atoms with Crippen LogP contribution in [-0.4, -0.2) is 41.8 Å². The second-order valence-corrected chi connectivity index (χ2v) is 10.1. The summed E-state index contributed by atoms with van der Waals surface area (Å²) in [7, 11) is 0. The number of carbonyl (C=O) groups excluding carboxylic acids is 3. The van der Waals surface area contributed by atoms with Crippen LogP contribution in [0.15, 0.2) is 58.4 Å². The number of ether oxygens (including phenoxy) is 3. The molecule has 0 N–H and O–H groups in total. The Morgan fingerprint density at radius 2 is 1.89 bits per heavy atom. The van der Waals surface area contributed by atoms with Gasteiger partial charge >= 0.3 is 5.97 Å². The number of hydrogen-bond acceptors (Lipinski definition) is 7. The van der Waals surface area contributed by atoms with Crippen LogP contribution in [0.3, 0.4) is 0 Å². The second-order valence-electron chi connectivity index (χ2n) is 8.19. The first-order chi connectivity index (χ1) is 17.9. The zero-order valence-corrected chi connectivity index (χ0v) is 23.4. The number of carbonyl (C=O) groups is 3. The summed E-state index contributed by atoms with van der Waals surface area (Å²) in [6, 6.07) is 11.5. The molecule has 37 heavy (non-hydrogen) atoms. The quantitative estimate of drug-likeness (QED) is 0.114. The number of imide groups is 1. The van der Waals surface area contributed by atoms with Crippen molar-refractivity contribution in [2.45, 2.75) is 39.7 Å². The van der Waals surface area contributed by atoms with Gasteiger partial charge in [-0.2, -0.15) is 0 Å². The molecule has 2 aromatic carbocycles. The van der Waals surface area contributed by atoms with E-state index in [4.69, 9.17) is 14.2 Å². The SMILES string of the molecule is C=CCc1cc(/C=C2\SC(=O)N(CC(=O)OCCCC)C2=O)cc(OCC)c1OCc1ccc(Br)cc1. The third-order valence-electron chi connectivity index (χ3n) is 5.33. The fraction of sp³-hybridized carbons (Fsp3) is 0.321. The minimum Gasteiger partial charge on any atom is -0.490 e. The van der Waals surface area contributed by atoms with E-state index in [9.17, 15) is 14.4 Å². The molecule has 0 atom stereocenters. The van der Waals surface area contributed by atoms with Crippen molar-refractivity contribution < 1.29 is 28.6 Å². The fourth-order valence-electron chi connectivity index (χ4n) is 3.53. The van der Waals surface area contributed by atoms with Gasteiger partial charge in [0.15, 0.2) is 11.5 Å². The Balaban J connectivity index is 1.84. The van der Waals surface area contributed by atoms with Gasteiger partial charge in [0.1, 0.15) is 13.2 Å². The van der Waals surface area contributed by atoms with Crippen molar-refractivity contribution in [3.8, 4) is 11.5 Å². The predicted octanol–water partition coefficient (Wildman–Crippen LogP) is 6.53. The van der Waals surface area contributed by atoms with E-state index >= 15 is 0 Å². The zero-order valence-electron chi connectivity index (χ0n) is 21.0. The monoisotopic (exact) mass is 587 g/mol. The van der Waals surface area contributed by atoms with Crippen molar-refractivity contribution >= 4 is 50.9 Å². The van der Waals surface area contributed by atoms with Crippen molar-refractivity contribution in [2.24, 2.45) is 0 Å². The predicted molar refractivity (Wildman–Crippen MR) is 149 cm³/mol. The molecule has 1 heterocycles. The molecule has 3 rings (SSSR count). The summed E-state index contributed by atoms with van der Waals surface area (Å²) in [6.45, 7) is 8.34. The van der Waals surface area contributed by atoms with Gasteiger partial charge in [0.2, 0.25) is 0 Å². The number of unbranched alkanes of at least 4 members (excludes halogenated alkanes) is 1. The number of esters is 1. The normalized spacial score (nSPS) is 14.2. The smallest absolute Gasteiger partial charge is 0.326 e. The average Bonchev–Trinajstić information content (AvgIpc) is 3.12. The van der Waals surface area contributed by atoms with Crippen molar-refractivity contribution in [1.82, 2.24) is 4.90 Å². The highest BCUT2D eigenvalue weighted by molar-refractivity contribution is 9.10. The number of thioether (sulfide) groups is 1. The van der Waals surface area contributed by atoms with Gasteiger partial charge in [-0.3, -0.25) is 19.3 Å². The minimum atomic E-state index is -0.601. The molecule has 0 bridgehead atoms. The Morgan fingerprint density at radius 1 is 1.14 bits per heavy atom. The summed E-state index contributed by atoms with van der Waals surface area (Å²) in [6.07, 6.45) is 5.51. The number of halogens is 1. The van der Waals surface area contributed by atoms with E-state index in [2.05, 4.69) is 22.5 Å². The van der Waals surface area contributed by atoms with Gasteiger partial charge in [0, 0.05) is 10.0 Å². The van der Waals surface area contributed by atoms with E-state index in [1.54, 1.807) is 18.2 Å². The Hall–Kier alpha value is -3.04. The summed E-state index contributed by atoms with van der Waals surface area (Å²) in [4.78, 5) is 38.5. The molecule has 196 valence electrons. The first-order valence-corrected chi connectivity index (χ1v) is 13.7. The molecule has 0 spiro atoms. The lowest BCUT2D eigenvalue weighted by atomic mass is 10.0. The summed E-state index contributed by atoms with van der Waals surface area (Å²) < 4.78 is 18.1. The third kappa shape index (κ3) is 7.97. The molecule has 1 aliphatic heterocycles. The highest BCUT2D eigenvalue weighted by Gasteiger charge is 2.36. The van der Waals surface area contributed by atoms with Gasteiger partial charge in [0.05, 0.1) is 18.1 Å². The van der Waals surface area contributed by atoms with Crippen LogP contribution in [0.4, 0.5) is 4.79 Å². The van der Waals surface area contributed by atoms with Gasteiger partial charge in [-0.1, -0.05) is 47.5 Å². The van der Waals surface area contributed by atoms with E-state index in [-0.39, 0.29) is 11.5 Å². The maximum absolute atomic E-state index is 12.9. The molecule has 0 radical (unpaired) electrons. The van der Waals surface area contributed by atoms with Crippen molar-refractivity contribution in [1.29, 1.82) is 0 Å². The first kappa shape index (κ1) is 28.5. The van der Waals surface area contributed by atoms with E-state index in [1.165, 1.54) is 0 Å². The highest BCUT2D eigenvalue weighted by atomic mass is 79.9. The van der Waals surface area contributed by atoms with Crippen LogP contribution in [-0.2, 0) is 27.4 Å². The molecule has 0 aromatic heterocycles. The number of hydrogen-bond donors (Lipinski definition) is 0. The average molecular weight is 589 g/mol. The number of rotatable bonds is 13. The topological polar surface area (TPSA) is 82.1 Å². The van der Waals surface area contributed by atoms with Crippen molar-refractivity contribution in [3.63, 3.8) is 0 Å². The molecule has 1 fully saturated rings. The van der Waals surface area contributed by atoms with Crippen molar-refractivity contribution in [2.75, 3.05) is 19.8 Å². The lowest BCUT2D eigenvalue weighted by Crippen LogP contribution is -2.34. The fourth-order valence-corrected chi connectivity index (χ4v) is 4.63. The van der Waals surface area contributed by atoms with Gasteiger partial charge in [-0.05, 0) is 73.0 Å². The van der Waals surface area contributed by atoms with E-state index in [0.29, 0.717) is 36.7 Å². The molecule has 0 saturated carbocycles. The highest BCUT2D eigenvalue weighted by Crippen LogP contribution is 2.37. The lowest BCUT2D eigenvalue weighted by Gasteiger charge is -2.17. The number of benzene rings is 2. The minimum absolute atomic E-state index is 0.224. The Labute approximate surface area is 230 Å². The van der Waals surface area contributed by atoms with Crippen LogP contribution in [0.25, 0.3) is 6.08 Å². The standard InChI is InChI=1S/C28H30BrNO6S/c1-4-7-13-35-25(31)17-30-27(32)24(37-28(30)33)16-20-14-21(8-5-2)26(23(15-20)34-6-3)36-18-19-9-11-22(29)12-10-19/h5,9-12,14-16H,2,4,6-8,13,17-18H2,1,3H3/b24-16-. The largest absolute Gasteiger partial charge is 0.490 e. The van der Waals surface area contributed by atoms with E-state index < -0.39 is 23.7 Å².